The van der Waals surface area contributed by atoms with Crippen molar-refractivity contribution in [3.8, 4) is 11.1 Å². The fourth-order valence-corrected chi connectivity index (χ4v) is 2.12. The number of aromatic nitrogens is 1. The topological polar surface area (TPSA) is 24.9 Å². The van der Waals surface area contributed by atoms with Crippen LogP contribution in [-0.4, -0.2) is 11.5 Å². The maximum absolute atomic E-state index is 4.36. The number of benzene rings is 1. The number of hydrogen-bond donors (Lipinski definition) is 1. The van der Waals surface area contributed by atoms with Crippen molar-refractivity contribution in [3.63, 3.8) is 0 Å². The molecule has 0 saturated heterocycles. The first-order valence-electron chi connectivity index (χ1n) is 7.07. The van der Waals surface area contributed by atoms with Crippen LogP contribution >= 0.6 is 0 Å². The molecule has 0 amide bonds. The fraction of sp³-hybridized carbons (Fsp3) is 0.353. The summed E-state index contributed by atoms with van der Waals surface area (Å²) in [6, 6.07) is 10.9. The zero-order valence-electron chi connectivity index (χ0n) is 11.8. The number of nitrogens with one attached hydrogen (secondary N) is 1. The van der Waals surface area contributed by atoms with Crippen LogP contribution in [0.5, 0.6) is 0 Å². The molecule has 0 aliphatic rings. The third-order valence-corrected chi connectivity index (χ3v) is 3.22. The van der Waals surface area contributed by atoms with E-state index in [1.54, 1.807) is 0 Å². The molecule has 0 aliphatic carbocycles. The molecule has 1 N–H and O–H groups in total. The molecule has 2 nitrogen and oxygen atoms in total. The van der Waals surface area contributed by atoms with Gasteiger partial charge in [-0.1, -0.05) is 38.1 Å². The highest BCUT2D eigenvalue weighted by atomic mass is 14.8. The Hall–Kier alpha value is -1.67. The minimum Gasteiger partial charge on any atom is -0.313 e. The Balaban J connectivity index is 2.17. The van der Waals surface area contributed by atoms with Crippen LogP contribution in [0.1, 0.15) is 31.4 Å². The molecule has 100 valence electrons. The van der Waals surface area contributed by atoms with E-state index < -0.39 is 0 Å². The fourth-order valence-electron chi connectivity index (χ4n) is 2.12. The van der Waals surface area contributed by atoms with Crippen LogP contribution in [0.25, 0.3) is 11.1 Å². The molecule has 0 fully saturated rings. The highest BCUT2D eigenvalue weighted by Gasteiger charge is 2.01. The van der Waals surface area contributed by atoms with Crippen molar-refractivity contribution in [2.75, 3.05) is 6.54 Å². The second-order valence-electron chi connectivity index (χ2n) is 4.81. The number of aryl methyl sites for hydroxylation is 1. The molecule has 2 rings (SSSR count). The van der Waals surface area contributed by atoms with Crippen molar-refractivity contribution in [1.29, 1.82) is 0 Å². The van der Waals surface area contributed by atoms with Crippen LogP contribution in [-0.2, 0) is 13.0 Å². The summed E-state index contributed by atoms with van der Waals surface area (Å²) in [5, 5.41) is 3.41. The Labute approximate surface area is 115 Å². The van der Waals surface area contributed by atoms with Gasteiger partial charge in [0.25, 0.3) is 0 Å². The predicted molar refractivity (Wildman–Crippen MR) is 81.0 cm³/mol. The zero-order chi connectivity index (χ0) is 13.5. The lowest BCUT2D eigenvalue weighted by molar-refractivity contribution is 0.674. The van der Waals surface area contributed by atoms with Crippen LogP contribution in [0, 0.1) is 0 Å². The van der Waals surface area contributed by atoms with Crippen LogP contribution < -0.4 is 5.32 Å². The first kappa shape index (κ1) is 13.8. The van der Waals surface area contributed by atoms with Crippen molar-refractivity contribution in [2.45, 2.75) is 33.2 Å². The van der Waals surface area contributed by atoms with Gasteiger partial charge in [0.1, 0.15) is 0 Å². The molecule has 1 aromatic carbocycles. The molecule has 2 aromatic rings. The maximum Gasteiger partial charge on any atom is 0.0346 e. The third-order valence-electron chi connectivity index (χ3n) is 3.22. The Morgan fingerprint density at radius 2 is 1.84 bits per heavy atom. The molecule has 0 unspecified atom stereocenters. The normalized spacial score (nSPS) is 10.6. The number of nitrogens with zero attached hydrogens (tertiary/aromatic N) is 1. The van der Waals surface area contributed by atoms with Gasteiger partial charge in [-0.3, -0.25) is 4.98 Å². The van der Waals surface area contributed by atoms with E-state index in [0.717, 1.165) is 25.9 Å². The van der Waals surface area contributed by atoms with Crippen LogP contribution in [0.3, 0.4) is 0 Å². The Morgan fingerprint density at radius 3 is 2.63 bits per heavy atom. The Morgan fingerprint density at radius 1 is 1.00 bits per heavy atom. The van der Waals surface area contributed by atoms with Gasteiger partial charge >= 0.3 is 0 Å². The molecule has 0 radical (unpaired) electrons. The van der Waals surface area contributed by atoms with Gasteiger partial charge in [-0.15, -0.1) is 0 Å². The van der Waals surface area contributed by atoms with Crippen LogP contribution in [0.2, 0.25) is 0 Å². The molecule has 1 heterocycles. The molecule has 0 aliphatic heterocycles. The first-order valence-corrected chi connectivity index (χ1v) is 7.07. The number of rotatable bonds is 6. The monoisotopic (exact) mass is 254 g/mol. The molecule has 0 bridgehead atoms. The van der Waals surface area contributed by atoms with Gasteiger partial charge in [-0.05, 0) is 42.1 Å². The Bertz CT molecular complexity index is 520. The summed E-state index contributed by atoms with van der Waals surface area (Å²) < 4.78 is 0. The molecule has 1 aromatic heterocycles. The minimum atomic E-state index is 0.891. The van der Waals surface area contributed by atoms with Crippen molar-refractivity contribution in [2.24, 2.45) is 0 Å². The van der Waals surface area contributed by atoms with E-state index in [-0.39, 0.29) is 0 Å². The second kappa shape index (κ2) is 7.05. The lowest BCUT2D eigenvalue weighted by atomic mass is 10.0. The van der Waals surface area contributed by atoms with E-state index in [1.807, 2.05) is 12.4 Å². The zero-order valence-corrected chi connectivity index (χ0v) is 11.8. The molecule has 0 spiro atoms. The van der Waals surface area contributed by atoms with Crippen molar-refractivity contribution < 1.29 is 0 Å². The molecule has 19 heavy (non-hydrogen) atoms. The molecule has 0 atom stereocenters. The summed E-state index contributed by atoms with van der Waals surface area (Å²) in [6.07, 6.45) is 6.11. The number of hydrogen-bond acceptors (Lipinski definition) is 2. The average Bonchev–Trinajstić information content (AvgIpc) is 2.48. The van der Waals surface area contributed by atoms with Gasteiger partial charge in [0, 0.05) is 24.5 Å². The average molecular weight is 254 g/mol. The van der Waals surface area contributed by atoms with E-state index in [4.69, 9.17) is 0 Å². The van der Waals surface area contributed by atoms with Gasteiger partial charge in [0.05, 0.1) is 0 Å². The van der Waals surface area contributed by atoms with E-state index in [9.17, 15) is 0 Å². The summed E-state index contributed by atoms with van der Waals surface area (Å²) in [7, 11) is 0. The van der Waals surface area contributed by atoms with Crippen molar-refractivity contribution in [3.05, 3.63) is 53.9 Å². The predicted octanol–water partition coefficient (Wildman–Crippen LogP) is 3.81. The SMILES string of the molecule is CCCNCc1cncc(-c2cccc(CC)c2)c1. The van der Waals surface area contributed by atoms with Crippen molar-refractivity contribution >= 4 is 0 Å². The van der Waals surface area contributed by atoms with Gasteiger partial charge in [0.2, 0.25) is 0 Å². The van der Waals surface area contributed by atoms with Gasteiger partial charge in [-0.25, -0.2) is 0 Å². The highest BCUT2D eigenvalue weighted by Crippen LogP contribution is 2.20. The summed E-state index contributed by atoms with van der Waals surface area (Å²) in [5.41, 5.74) is 5.06. The van der Waals surface area contributed by atoms with E-state index >= 15 is 0 Å². The van der Waals surface area contributed by atoms with Gasteiger partial charge in [0.15, 0.2) is 0 Å². The molecule has 0 saturated carbocycles. The standard InChI is InChI=1S/C17H22N2/c1-3-8-18-11-15-10-17(13-19-12-15)16-7-5-6-14(4-2)9-16/h5-7,9-10,12-13,18H,3-4,8,11H2,1-2H3. The van der Waals surface area contributed by atoms with Gasteiger partial charge in [-0.2, -0.15) is 0 Å². The maximum atomic E-state index is 4.36. The lowest BCUT2D eigenvalue weighted by Gasteiger charge is -2.07. The summed E-state index contributed by atoms with van der Waals surface area (Å²) in [6.45, 7) is 6.30. The largest absolute Gasteiger partial charge is 0.313 e. The summed E-state index contributed by atoms with van der Waals surface area (Å²) in [4.78, 5) is 4.36. The van der Waals surface area contributed by atoms with E-state index in [2.05, 4.69) is 54.5 Å². The first-order chi connectivity index (χ1) is 9.33. The van der Waals surface area contributed by atoms with Crippen LogP contribution in [0.15, 0.2) is 42.7 Å². The third kappa shape index (κ3) is 3.90. The van der Waals surface area contributed by atoms with E-state index in [1.165, 1.54) is 22.3 Å². The smallest absolute Gasteiger partial charge is 0.0346 e. The number of pyridine rings is 1. The van der Waals surface area contributed by atoms with Crippen molar-refractivity contribution in [1.82, 2.24) is 10.3 Å². The van der Waals surface area contributed by atoms with E-state index in [0.29, 0.717) is 0 Å². The molecular weight excluding hydrogens is 232 g/mol. The van der Waals surface area contributed by atoms with Gasteiger partial charge < -0.3 is 5.32 Å². The molecular formula is C17H22N2. The minimum absolute atomic E-state index is 0.891. The highest BCUT2D eigenvalue weighted by molar-refractivity contribution is 5.63. The molecule has 2 heteroatoms. The van der Waals surface area contributed by atoms with Crippen LogP contribution in [0.4, 0.5) is 0 Å². The second-order valence-corrected chi connectivity index (χ2v) is 4.81. The summed E-state index contributed by atoms with van der Waals surface area (Å²) in [5.74, 6) is 0. The summed E-state index contributed by atoms with van der Waals surface area (Å²) >= 11 is 0. The lowest BCUT2D eigenvalue weighted by Crippen LogP contribution is -2.13. The Kier molecular flexibility index (Phi) is 5.10. The quantitative estimate of drug-likeness (QED) is 0.793.